The fraction of sp³-hybridized carbons (Fsp3) is 0.316. The summed E-state index contributed by atoms with van der Waals surface area (Å²) in [6.07, 6.45) is 0. The first-order chi connectivity index (χ1) is 12.6. The molecule has 0 amide bonds. The maximum Gasteiger partial charge on any atom is 0.284 e. The van der Waals surface area contributed by atoms with Gasteiger partial charge in [-0.1, -0.05) is 43.8 Å². The minimum Gasteiger partial charge on any atom is -0.302 e. The normalized spacial score (nSPS) is 12.6. The van der Waals surface area contributed by atoms with Crippen molar-refractivity contribution in [2.45, 2.75) is 30.2 Å². The van der Waals surface area contributed by atoms with Crippen LogP contribution in [-0.2, 0) is 6.54 Å². The Morgan fingerprint density at radius 1 is 1.19 bits per heavy atom. The van der Waals surface area contributed by atoms with E-state index >= 15 is 0 Å². The molecule has 6 nitrogen and oxygen atoms in total. The average molecular weight is 368 g/mol. The van der Waals surface area contributed by atoms with Crippen molar-refractivity contribution >= 4 is 28.4 Å². The van der Waals surface area contributed by atoms with Crippen LogP contribution in [0.25, 0.3) is 22.2 Å². The number of fused-ring (bicyclic) bond motifs is 2. The third kappa shape index (κ3) is 2.68. The van der Waals surface area contributed by atoms with E-state index in [-0.39, 0.29) is 10.6 Å². The van der Waals surface area contributed by atoms with E-state index in [0.29, 0.717) is 4.90 Å². The molecule has 1 aliphatic heterocycles. The van der Waals surface area contributed by atoms with Gasteiger partial charge in [-0.3, -0.25) is 14.8 Å². The minimum absolute atomic E-state index is 0.154. The molecule has 0 saturated heterocycles. The molecule has 0 saturated carbocycles. The standard InChI is InChI=1S/C19H20N4O2S/c1-3-21(4-2)11-12-22-14-9-10-15(23(24)25)19-17(14)18(20-22)13-7-5-6-8-16(13)26-19/h5-10H,3-4,11-12H2,1-2H3. The molecule has 0 fully saturated rings. The summed E-state index contributed by atoms with van der Waals surface area (Å²) in [4.78, 5) is 15.3. The Bertz CT molecular complexity index is 995. The van der Waals surface area contributed by atoms with Crippen molar-refractivity contribution in [2.75, 3.05) is 19.6 Å². The molecule has 0 bridgehead atoms. The van der Waals surface area contributed by atoms with Crippen molar-refractivity contribution in [3.63, 3.8) is 0 Å². The molecular weight excluding hydrogens is 348 g/mol. The molecule has 3 aromatic rings. The molecule has 0 spiro atoms. The van der Waals surface area contributed by atoms with Gasteiger partial charge in [-0.25, -0.2) is 0 Å². The summed E-state index contributed by atoms with van der Waals surface area (Å²) in [6.45, 7) is 7.97. The highest BCUT2D eigenvalue weighted by atomic mass is 32.2. The van der Waals surface area contributed by atoms with Crippen LogP contribution in [0.1, 0.15) is 13.8 Å². The van der Waals surface area contributed by atoms with E-state index in [0.717, 1.165) is 53.2 Å². The van der Waals surface area contributed by atoms with Gasteiger partial charge in [0, 0.05) is 28.5 Å². The zero-order valence-corrected chi connectivity index (χ0v) is 15.6. The second-order valence-electron chi connectivity index (χ2n) is 6.26. The number of rotatable bonds is 6. The van der Waals surface area contributed by atoms with E-state index in [1.807, 2.05) is 35.0 Å². The quantitative estimate of drug-likeness (QED) is 0.372. The van der Waals surface area contributed by atoms with Gasteiger partial charge in [-0.05, 0) is 25.2 Å². The number of nitro benzene ring substituents is 1. The first-order valence-corrected chi connectivity index (χ1v) is 9.63. The molecule has 0 atom stereocenters. The second kappa shape index (κ2) is 6.74. The Kier molecular flexibility index (Phi) is 4.42. The smallest absolute Gasteiger partial charge is 0.284 e. The fourth-order valence-electron chi connectivity index (χ4n) is 3.47. The Hall–Kier alpha value is -2.38. The molecule has 1 aromatic heterocycles. The molecule has 7 heteroatoms. The summed E-state index contributed by atoms with van der Waals surface area (Å²) in [6, 6.07) is 11.4. The molecule has 0 unspecified atom stereocenters. The highest BCUT2D eigenvalue weighted by Crippen LogP contribution is 2.50. The van der Waals surface area contributed by atoms with Crippen LogP contribution in [0.4, 0.5) is 5.69 Å². The van der Waals surface area contributed by atoms with Crippen molar-refractivity contribution in [1.29, 1.82) is 0 Å². The van der Waals surface area contributed by atoms with Crippen LogP contribution in [-0.4, -0.2) is 39.2 Å². The number of hydrogen-bond acceptors (Lipinski definition) is 5. The van der Waals surface area contributed by atoms with Crippen molar-refractivity contribution in [1.82, 2.24) is 14.7 Å². The van der Waals surface area contributed by atoms with Gasteiger partial charge in [0.1, 0.15) is 10.6 Å². The molecule has 4 rings (SSSR count). The Labute approximate surface area is 155 Å². The van der Waals surface area contributed by atoms with E-state index < -0.39 is 0 Å². The highest BCUT2D eigenvalue weighted by Gasteiger charge is 2.29. The molecule has 134 valence electrons. The SMILES string of the molecule is CCN(CC)CCn1nc2c3c(c([N+](=O)[O-])ccc31)Sc1ccccc1-2. The lowest BCUT2D eigenvalue weighted by Gasteiger charge is -2.17. The molecule has 0 radical (unpaired) electrons. The van der Waals surface area contributed by atoms with E-state index in [4.69, 9.17) is 5.10 Å². The predicted molar refractivity (Wildman–Crippen MR) is 104 cm³/mol. The average Bonchev–Trinajstić information content (AvgIpc) is 3.03. The number of benzene rings is 2. The maximum absolute atomic E-state index is 11.5. The summed E-state index contributed by atoms with van der Waals surface area (Å²) in [5, 5.41) is 17.3. The van der Waals surface area contributed by atoms with Crippen LogP contribution in [0.3, 0.4) is 0 Å². The first kappa shape index (κ1) is 17.1. The lowest BCUT2D eigenvalue weighted by Crippen LogP contribution is -2.27. The zero-order valence-electron chi connectivity index (χ0n) is 14.8. The molecular formula is C19H20N4O2S. The third-order valence-corrected chi connectivity index (χ3v) is 6.12. The summed E-state index contributed by atoms with van der Waals surface area (Å²) in [7, 11) is 0. The van der Waals surface area contributed by atoms with E-state index in [1.165, 1.54) is 11.8 Å². The maximum atomic E-state index is 11.5. The summed E-state index contributed by atoms with van der Waals surface area (Å²) in [5.41, 5.74) is 3.03. The Morgan fingerprint density at radius 2 is 1.96 bits per heavy atom. The van der Waals surface area contributed by atoms with Gasteiger partial charge in [0.05, 0.1) is 17.0 Å². The summed E-state index contributed by atoms with van der Waals surface area (Å²) >= 11 is 1.47. The summed E-state index contributed by atoms with van der Waals surface area (Å²) in [5.74, 6) is 0. The van der Waals surface area contributed by atoms with Crippen molar-refractivity contribution < 1.29 is 4.92 Å². The molecule has 1 aliphatic rings. The van der Waals surface area contributed by atoms with Gasteiger partial charge in [0.25, 0.3) is 5.69 Å². The summed E-state index contributed by atoms with van der Waals surface area (Å²) < 4.78 is 2.00. The van der Waals surface area contributed by atoms with E-state index in [1.54, 1.807) is 6.07 Å². The third-order valence-electron chi connectivity index (χ3n) is 4.92. The Morgan fingerprint density at radius 3 is 2.69 bits per heavy atom. The number of nitro groups is 1. The molecule has 0 aliphatic carbocycles. The van der Waals surface area contributed by atoms with Crippen LogP contribution >= 0.6 is 11.8 Å². The van der Waals surface area contributed by atoms with Gasteiger partial charge in [0.15, 0.2) is 0 Å². The lowest BCUT2D eigenvalue weighted by molar-refractivity contribution is -0.387. The van der Waals surface area contributed by atoms with Crippen molar-refractivity contribution in [3.8, 4) is 11.3 Å². The monoisotopic (exact) mass is 368 g/mol. The molecule has 2 aromatic carbocycles. The fourth-order valence-corrected chi connectivity index (χ4v) is 4.66. The highest BCUT2D eigenvalue weighted by molar-refractivity contribution is 8.00. The van der Waals surface area contributed by atoms with Gasteiger partial charge in [-0.2, -0.15) is 5.10 Å². The largest absolute Gasteiger partial charge is 0.302 e. The lowest BCUT2D eigenvalue weighted by atomic mass is 10.1. The van der Waals surface area contributed by atoms with Crippen molar-refractivity contribution in [3.05, 3.63) is 46.5 Å². The van der Waals surface area contributed by atoms with Crippen LogP contribution in [0.5, 0.6) is 0 Å². The zero-order chi connectivity index (χ0) is 18.3. The second-order valence-corrected chi connectivity index (χ2v) is 7.31. The predicted octanol–water partition coefficient (Wildman–Crippen LogP) is 4.42. The number of hydrogen-bond donors (Lipinski definition) is 0. The number of aromatic nitrogens is 2. The van der Waals surface area contributed by atoms with Crippen LogP contribution < -0.4 is 0 Å². The topological polar surface area (TPSA) is 64.2 Å². The molecule has 2 heterocycles. The molecule has 26 heavy (non-hydrogen) atoms. The van der Waals surface area contributed by atoms with Gasteiger partial charge in [0.2, 0.25) is 0 Å². The van der Waals surface area contributed by atoms with Crippen LogP contribution in [0.2, 0.25) is 0 Å². The first-order valence-electron chi connectivity index (χ1n) is 8.81. The van der Waals surface area contributed by atoms with Crippen LogP contribution in [0.15, 0.2) is 46.2 Å². The van der Waals surface area contributed by atoms with Gasteiger partial charge >= 0.3 is 0 Å². The van der Waals surface area contributed by atoms with Crippen molar-refractivity contribution in [2.24, 2.45) is 0 Å². The number of likely N-dealkylation sites (N-methyl/N-ethyl adjacent to an activating group) is 1. The van der Waals surface area contributed by atoms with Gasteiger partial charge in [-0.15, -0.1) is 0 Å². The van der Waals surface area contributed by atoms with Crippen LogP contribution in [0, 0.1) is 10.1 Å². The van der Waals surface area contributed by atoms with E-state index in [9.17, 15) is 10.1 Å². The Balaban J connectivity index is 1.88. The minimum atomic E-state index is -0.299. The molecule has 0 N–H and O–H groups in total. The van der Waals surface area contributed by atoms with E-state index in [2.05, 4.69) is 18.7 Å². The van der Waals surface area contributed by atoms with Gasteiger partial charge < -0.3 is 4.90 Å². The number of nitrogens with zero attached hydrogens (tertiary/aromatic N) is 4.